The lowest BCUT2D eigenvalue weighted by Gasteiger charge is -2.12. The van der Waals surface area contributed by atoms with Crippen LogP contribution in [0.5, 0.6) is 0 Å². The number of hydrogen-bond acceptors (Lipinski definition) is 5. The first-order valence-corrected chi connectivity index (χ1v) is 9.59. The average Bonchev–Trinajstić information content (AvgIpc) is 3.31. The van der Waals surface area contributed by atoms with Crippen LogP contribution in [0.4, 0.5) is 5.69 Å². The van der Waals surface area contributed by atoms with Crippen LogP contribution in [0.15, 0.2) is 45.5 Å². The lowest BCUT2D eigenvalue weighted by atomic mass is 10.2. The van der Waals surface area contributed by atoms with Gasteiger partial charge in [-0.1, -0.05) is 0 Å². The molecular formula is C18H18BrN3O4S. The van der Waals surface area contributed by atoms with Gasteiger partial charge >= 0.3 is 0 Å². The third-order valence-electron chi connectivity index (χ3n) is 3.94. The van der Waals surface area contributed by atoms with E-state index in [1.165, 1.54) is 6.07 Å². The Bertz CT molecular complexity index is 831. The number of amides is 2. The van der Waals surface area contributed by atoms with Gasteiger partial charge in [0, 0.05) is 24.4 Å². The van der Waals surface area contributed by atoms with Crippen LogP contribution in [0.2, 0.25) is 0 Å². The van der Waals surface area contributed by atoms with Crippen molar-refractivity contribution in [3.63, 3.8) is 0 Å². The molecule has 1 unspecified atom stereocenters. The molecule has 0 aliphatic carbocycles. The molecule has 1 fully saturated rings. The summed E-state index contributed by atoms with van der Waals surface area (Å²) in [6.45, 7) is 1.27. The summed E-state index contributed by atoms with van der Waals surface area (Å²) in [7, 11) is 0. The molecule has 0 bridgehead atoms. The molecule has 1 aromatic carbocycles. The molecule has 0 radical (unpaired) electrons. The van der Waals surface area contributed by atoms with Crippen LogP contribution in [-0.4, -0.2) is 36.2 Å². The minimum absolute atomic E-state index is 0.102. The van der Waals surface area contributed by atoms with Gasteiger partial charge in [0.25, 0.3) is 11.8 Å². The van der Waals surface area contributed by atoms with Crippen LogP contribution in [0.25, 0.3) is 0 Å². The molecular weight excluding hydrogens is 434 g/mol. The van der Waals surface area contributed by atoms with Gasteiger partial charge in [-0.25, -0.2) is 0 Å². The highest BCUT2D eigenvalue weighted by Crippen LogP contribution is 2.14. The number of halogens is 1. The van der Waals surface area contributed by atoms with Crippen molar-refractivity contribution in [2.75, 3.05) is 18.5 Å². The zero-order valence-corrected chi connectivity index (χ0v) is 16.7. The van der Waals surface area contributed by atoms with Crippen molar-refractivity contribution in [2.24, 2.45) is 0 Å². The lowest BCUT2D eigenvalue weighted by molar-refractivity contribution is 0.0857. The van der Waals surface area contributed by atoms with Crippen molar-refractivity contribution in [3.8, 4) is 0 Å². The van der Waals surface area contributed by atoms with Crippen molar-refractivity contribution in [1.29, 1.82) is 0 Å². The number of thiocarbonyl (C=S) groups is 1. The molecule has 1 aliphatic heterocycles. The van der Waals surface area contributed by atoms with Gasteiger partial charge in [-0.3, -0.25) is 14.9 Å². The fourth-order valence-electron chi connectivity index (χ4n) is 2.58. The van der Waals surface area contributed by atoms with Gasteiger partial charge in [0.05, 0.1) is 6.10 Å². The highest BCUT2D eigenvalue weighted by molar-refractivity contribution is 9.10. The summed E-state index contributed by atoms with van der Waals surface area (Å²) < 4.78 is 11.1. The van der Waals surface area contributed by atoms with Gasteiger partial charge in [0.2, 0.25) is 0 Å². The van der Waals surface area contributed by atoms with Gasteiger partial charge in [0.15, 0.2) is 15.5 Å². The molecule has 1 aliphatic rings. The predicted molar refractivity (Wildman–Crippen MR) is 108 cm³/mol. The van der Waals surface area contributed by atoms with Crippen LogP contribution in [-0.2, 0) is 4.74 Å². The van der Waals surface area contributed by atoms with Gasteiger partial charge in [-0.2, -0.15) is 0 Å². The summed E-state index contributed by atoms with van der Waals surface area (Å²) in [4.78, 5) is 24.1. The first kappa shape index (κ1) is 19.5. The molecule has 9 heteroatoms. The Hall–Kier alpha value is -2.23. The predicted octanol–water partition coefficient (Wildman–Crippen LogP) is 3.08. The summed E-state index contributed by atoms with van der Waals surface area (Å²) in [5, 5.41) is 8.40. The van der Waals surface area contributed by atoms with Gasteiger partial charge in [-0.05, 0) is 77.4 Å². The second-order valence-electron chi connectivity index (χ2n) is 5.93. The standard InChI is InChI=1S/C18H18BrN3O4S/c19-15-8-7-14(26-15)17(24)22-18(27)21-12-5-3-11(4-6-12)16(23)20-10-13-2-1-9-25-13/h3-8,13H,1-2,9-10H2,(H,20,23)(H2,21,22,24,27). The second kappa shape index (κ2) is 9.12. The summed E-state index contributed by atoms with van der Waals surface area (Å²) in [5.74, 6) is -0.469. The highest BCUT2D eigenvalue weighted by Gasteiger charge is 2.17. The molecule has 1 aromatic heterocycles. The van der Waals surface area contributed by atoms with Crippen molar-refractivity contribution >= 4 is 50.8 Å². The largest absolute Gasteiger partial charge is 0.444 e. The SMILES string of the molecule is O=C(NCC1CCCO1)c1ccc(NC(=S)NC(=O)c2ccc(Br)o2)cc1. The van der Waals surface area contributed by atoms with E-state index in [-0.39, 0.29) is 22.9 Å². The molecule has 0 spiro atoms. The van der Waals surface area contributed by atoms with Crippen molar-refractivity contribution in [1.82, 2.24) is 10.6 Å². The number of rotatable bonds is 5. The minimum Gasteiger partial charge on any atom is -0.444 e. The zero-order chi connectivity index (χ0) is 19.2. The molecule has 142 valence electrons. The van der Waals surface area contributed by atoms with E-state index in [9.17, 15) is 9.59 Å². The highest BCUT2D eigenvalue weighted by atomic mass is 79.9. The second-order valence-corrected chi connectivity index (χ2v) is 7.12. The number of carbonyl (C=O) groups is 2. The summed E-state index contributed by atoms with van der Waals surface area (Å²) in [6.07, 6.45) is 2.11. The molecule has 0 saturated carbocycles. The van der Waals surface area contributed by atoms with Crippen molar-refractivity contribution in [3.05, 3.63) is 52.4 Å². The quantitative estimate of drug-likeness (QED) is 0.604. The van der Waals surface area contributed by atoms with Gasteiger partial charge in [0.1, 0.15) is 0 Å². The van der Waals surface area contributed by atoms with E-state index in [2.05, 4.69) is 31.9 Å². The number of ether oxygens (including phenoxy) is 1. The Balaban J connectivity index is 1.48. The third-order valence-corrected chi connectivity index (χ3v) is 4.57. The van der Waals surface area contributed by atoms with Crippen LogP contribution >= 0.6 is 28.1 Å². The molecule has 27 heavy (non-hydrogen) atoms. The number of anilines is 1. The Morgan fingerprint density at radius 1 is 1.15 bits per heavy atom. The molecule has 1 saturated heterocycles. The number of carbonyl (C=O) groups excluding carboxylic acids is 2. The number of hydrogen-bond donors (Lipinski definition) is 3. The minimum atomic E-state index is -0.455. The van der Waals surface area contributed by atoms with Crippen LogP contribution in [0.3, 0.4) is 0 Å². The number of benzene rings is 1. The molecule has 1 atom stereocenters. The van der Waals surface area contributed by atoms with Crippen molar-refractivity contribution < 1.29 is 18.7 Å². The zero-order valence-electron chi connectivity index (χ0n) is 14.3. The van der Waals surface area contributed by atoms with Gasteiger partial charge < -0.3 is 19.8 Å². The smallest absolute Gasteiger partial charge is 0.293 e. The van der Waals surface area contributed by atoms with Gasteiger partial charge in [-0.15, -0.1) is 0 Å². The maximum Gasteiger partial charge on any atom is 0.293 e. The molecule has 7 nitrogen and oxygen atoms in total. The Kier molecular flexibility index (Phi) is 6.59. The van der Waals surface area contributed by atoms with E-state index in [0.29, 0.717) is 22.5 Å². The average molecular weight is 452 g/mol. The maximum atomic E-state index is 12.2. The Labute approximate surface area is 170 Å². The van der Waals surface area contributed by atoms with E-state index in [1.807, 2.05) is 0 Å². The number of furan rings is 1. The monoisotopic (exact) mass is 451 g/mol. The molecule has 2 aromatic rings. The summed E-state index contributed by atoms with van der Waals surface area (Å²) in [5.41, 5.74) is 1.19. The van der Waals surface area contributed by atoms with E-state index in [0.717, 1.165) is 19.4 Å². The fraction of sp³-hybridized carbons (Fsp3) is 0.278. The topological polar surface area (TPSA) is 92.6 Å². The first-order valence-electron chi connectivity index (χ1n) is 8.39. The molecule has 3 rings (SSSR count). The normalized spacial score (nSPS) is 16.0. The van der Waals surface area contributed by atoms with E-state index in [1.54, 1.807) is 30.3 Å². The third kappa shape index (κ3) is 5.62. The van der Waals surface area contributed by atoms with E-state index >= 15 is 0 Å². The Morgan fingerprint density at radius 2 is 1.93 bits per heavy atom. The maximum absolute atomic E-state index is 12.2. The van der Waals surface area contributed by atoms with E-state index < -0.39 is 5.91 Å². The van der Waals surface area contributed by atoms with Crippen molar-refractivity contribution in [2.45, 2.75) is 18.9 Å². The fourth-order valence-corrected chi connectivity index (χ4v) is 3.10. The molecule has 2 heterocycles. The molecule has 2 amide bonds. The molecule has 3 N–H and O–H groups in total. The number of nitrogens with one attached hydrogen (secondary N) is 3. The summed E-state index contributed by atoms with van der Waals surface area (Å²) >= 11 is 8.25. The lowest BCUT2D eigenvalue weighted by Crippen LogP contribution is -2.34. The van der Waals surface area contributed by atoms with Crippen LogP contribution < -0.4 is 16.0 Å². The van der Waals surface area contributed by atoms with Crippen LogP contribution in [0, 0.1) is 0 Å². The summed E-state index contributed by atoms with van der Waals surface area (Å²) in [6, 6.07) is 9.94. The van der Waals surface area contributed by atoms with Crippen LogP contribution in [0.1, 0.15) is 33.8 Å². The van der Waals surface area contributed by atoms with E-state index in [4.69, 9.17) is 21.4 Å². The Morgan fingerprint density at radius 3 is 2.56 bits per heavy atom. The first-order chi connectivity index (χ1) is 13.0.